The van der Waals surface area contributed by atoms with E-state index < -0.39 is 0 Å². The minimum absolute atomic E-state index is 0.000235. The molecule has 2 rings (SSSR count). The van der Waals surface area contributed by atoms with Crippen LogP contribution < -0.4 is 5.32 Å². The number of rotatable bonds is 4. The van der Waals surface area contributed by atoms with Crippen LogP contribution in [0.15, 0.2) is 48.5 Å². The number of hydrogen-bond acceptors (Lipinski definition) is 1. The first kappa shape index (κ1) is 13.9. The topological polar surface area (TPSA) is 29.1 Å². The largest absolute Gasteiger partial charge is 0.326 e. The van der Waals surface area contributed by atoms with E-state index in [2.05, 4.69) is 42.4 Å². The number of carbonyl (C=O) groups excluding carboxylic acids is 1. The van der Waals surface area contributed by atoms with E-state index in [1.807, 2.05) is 18.2 Å². The molecule has 0 heterocycles. The Morgan fingerprint density at radius 3 is 2.65 bits per heavy atom. The van der Waals surface area contributed by atoms with Gasteiger partial charge in [0, 0.05) is 17.7 Å². The van der Waals surface area contributed by atoms with Gasteiger partial charge in [0.1, 0.15) is 0 Å². The van der Waals surface area contributed by atoms with Crippen LogP contribution in [0.1, 0.15) is 23.1 Å². The van der Waals surface area contributed by atoms with Crippen LogP contribution in [0.3, 0.4) is 0 Å². The van der Waals surface area contributed by atoms with E-state index in [0.29, 0.717) is 6.42 Å². The molecule has 20 heavy (non-hydrogen) atoms. The first-order valence-electron chi connectivity index (χ1n) is 6.59. The van der Waals surface area contributed by atoms with Gasteiger partial charge in [0.15, 0.2) is 0 Å². The van der Waals surface area contributed by atoms with Crippen LogP contribution in [0.5, 0.6) is 0 Å². The molecule has 0 radical (unpaired) electrons. The molecule has 0 atom stereocenters. The molecule has 2 nitrogen and oxygen atoms in total. The van der Waals surface area contributed by atoms with Gasteiger partial charge in [0.05, 0.1) is 0 Å². The van der Waals surface area contributed by atoms with Gasteiger partial charge in [-0.15, -0.1) is 6.42 Å². The van der Waals surface area contributed by atoms with Crippen molar-refractivity contribution in [3.8, 4) is 12.3 Å². The smallest absolute Gasteiger partial charge is 0.224 e. The second kappa shape index (κ2) is 6.58. The van der Waals surface area contributed by atoms with Crippen molar-refractivity contribution in [2.45, 2.75) is 19.8 Å². The number of hydrogen-bond donors (Lipinski definition) is 1. The second-order valence-electron chi connectivity index (χ2n) is 4.76. The van der Waals surface area contributed by atoms with Crippen molar-refractivity contribution in [2.75, 3.05) is 5.32 Å². The van der Waals surface area contributed by atoms with Crippen molar-refractivity contribution in [1.29, 1.82) is 0 Å². The average molecular weight is 263 g/mol. The zero-order chi connectivity index (χ0) is 14.4. The highest BCUT2D eigenvalue weighted by atomic mass is 16.1. The highest BCUT2D eigenvalue weighted by molar-refractivity contribution is 5.91. The van der Waals surface area contributed by atoms with Crippen molar-refractivity contribution in [3.05, 3.63) is 65.2 Å². The van der Waals surface area contributed by atoms with Crippen molar-refractivity contribution < 1.29 is 4.79 Å². The average Bonchev–Trinajstić information content (AvgIpc) is 2.47. The molecule has 100 valence electrons. The van der Waals surface area contributed by atoms with Crippen LogP contribution in [0.25, 0.3) is 0 Å². The molecule has 0 unspecified atom stereocenters. The van der Waals surface area contributed by atoms with Crippen molar-refractivity contribution in [2.24, 2.45) is 0 Å². The summed E-state index contributed by atoms with van der Waals surface area (Å²) < 4.78 is 0. The normalized spacial score (nSPS) is 9.80. The molecule has 0 aliphatic carbocycles. The van der Waals surface area contributed by atoms with E-state index in [4.69, 9.17) is 6.42 Å². The van der Waals surface area contributed by atoms with E-state index in [1.54, 1.807) is 6.07 Å². The molecule has 0 fully saturated rings. The van der Waals surface area contributed by atoms with Crippen molar-refractivity contribution in [3.63, 3.8) is 0 Å². The number of amides is 1. The van der Waals surface area contributed by atoms with Gasteiger partial charge in [0.25, 0.3) is 0 Å². The van der Waals surface area contributed by atoms with Crippen LogP contribution in [-0.4, -0.2) is 5.91 Å². The summed E-state index contributed by atoms with van der Waals surface area (Å²) in [6, 6.07) is 15.5. The number of anilines is 1. The SMILES string of the molecule is C#Cc1cccc(NC(=O)CCc2ccc(C)cc2)c1. The Morgan fingerprint density at radius 2 is 1.95 bits per heavy atom. The zero-order valence-corrected chi connectivity index (χ0v) is 11.5. The fourth-order valence-corrected chi connectivity index (χ4v) is 1.92. The van der Waals surface area contributed by atoms with Gasteiger partial charge < -0.3 is 5.32 Å². The molecule has 0 spiro atoms. The molecular weight excluding hydrogens is 246 g/mol. The highest BCUT2D eigenvalue weighted by Gasteiger charge is 2.03. The quantitative estimate of drug-likeness (QED) is 0.840. The zero-order valence-electron chi connectivity index (χ0n) is 11.5. The fraction of sp³-hybridized carbons (Fsp3) is 0.167. The van der Waals surface area contributed by atoms with Crippen molar-refractivity contribution >= 4 is 11.6 Å². The lowest BCUT2D eigenvalue weighted by Gasteiger charge is -2.06. The third-order valence-electron chi connectivity index (χ3n) is 3.07. The second-order valence-corrected chi connectivity index (χ2v) is 4.76. The lowest BCUT2D eigenvalue weighted by atomic mass is 10.1. The van der Waals surface area contributed by atoms with Crippen molar-refractivity contribution in [1.82, 2.24) is 0 Å². The lowest BCUT2D eigenvalue weighted by molar-refractivity contribution is -0.116. The molecule has 1 amide bonds. The third kappa shape index (κ3) is 4.00. The molecule has 0 aliphatic heterocycles. The molecule has 0 saturated carbocycles. The summed E-state index contributed by atoms with van der Waals surface area (Å²) in [6.07, 6.45) is 6.53. The Labute approximate surface area is 119 Å². The number of terminal acetylenes is 1. The lowest BCUT2D eigenvalue weighted by Crippen LogP contribution is -2.12. The van der Waals surface area contributed by atoms with Crippen LogP contribution in [0.2, 0.25) is 0 Å². The van der Waals surface area contributed by atoms with Gasteiger partial charge in [-0.05, 0) is 37.1 Å². The van der Waals surface area contributed by atoms with Gasteiger partial charge in [-0.2, -0.15) is 0 Å². The summed E-state index contributed by atoms with van der Waals surface area (Å²) in [7, 11) is 0. The highest BCUT2D eigenvalue weighted by Crippen LogP contribution is 2.11. The standard InChI is InChI=1S/C18H17NO/c1-3-15-5-4-6-17(13-15)19-18(20)12-11-16-9-7-14(2)8-10-16/h1,4-10,13H,11-12H2,2H3,(H,19,20). The molecule has 0 saturated heterocycles. The summed E-state index contributed by atoms with van der Waals surface area (Å²) in [4.78, 5) is 11.9. The minimum atomic E-state index is -0.000235. The first-order chi connectivity index (χ1) is 9.67. The Kier molecular flexibility index (Phi) is 4.57. The van der Waals surface area contributed by atoms with Crippen LogP contribution in [0.4, 0.5) is 5.69 Å². The van der Waals surface area contributed by atoms with Crippen LogP contribution >= 0.6 is 0 Å². The molecule has 2 aromatic carbocycles. The molecular formula is C18H17NO. The van der Waals surface area contributed by atoms with Gasteiger partial charge in [0.2, 0.25) is 5.91 Å². The predicted molar refractivity (Wildman–Crippen MR) is 82.5 cm³/mol. The monoisotopic (exact) mass is 263 g/mol. The summed E-state index contributed by atoms with van der Waals surface area (Å²) in [5, 5.41) is 2.86. The molecule has 1 N–H and O–H groups in total. The number of nitrogens with one attached hydrogen (secondary N) is 1. The Morgan fingerprint density at radius 1 is 1.20 bits per heavy atom. The van der Waals surface area contributed by atoms with Crippen LogP contribution in [0, 0.1) is 19.3 Å². The van der Waals surface area contributed by atoms with E-state index >= 15 is 0 Å². The molecule has 0 bridgehead atoms. The third-order valence-corrected chi connectivity index (χ3v) is 3.07. The van der Waals surface area contributed by atoms with Gasteiger partial charge in [-0.3, -0.25) is 4.79 Å². The van der Waals surface area contributed by atoms with Gasteiger partial charge in [-0.1, -0.05) is 41.8 Å². The Hall–Kier alpha value is -2.53. The Balaban J connectivity index is 1.89. The van der Waals surface area contributed by atoms with E-state index in [0.717, 1.165) is 17.7 Å². The number of benzene rings is 2. The maximum atomic E-state index is 11.9. The maximum absolute atomic E-state index is 11.9. The number of carbonyl (C=O) groups is 1. The first-order valence-corrected chi connectivity index (χ1v) is 6.59. The fourth-order valence-electron chi connectivity index (χ4n) is 1.92. The molecule has 2 heteroatoms. The summed E-state index contributed by atoms with van der Waals surface area (Å²) in [6.45, 7) is 2.05. The summed E-state index contributed by atoms with van der Waals surface area (Å²) in [5.41, 5.74) is 3.91. The molecule has 0 aromatic heterocycles. The number of aryl methyl sites for hydroxylation is 2. The molecule has 2 aromatic rings. The Bertz CT molecular complexity index is 635. The molecule has 0 aliphatic rings. The summed E-state index contributed by atoms with van der Waals surface area (Å²) in [5.74, 6) is 2.55. The predicted octanol–water partition coefficient (Wildman–Crippen LogP) is 3.55. The van der Waals surface area contributed by atoms with Gasteiger partial charge in [-0.25, -0.2) is 0 Å². The van der Waals surface area contributed by atoms with E-state index in [9.17, 15) is 4.79 Å². The summed E-state index contributed by atoms with van der Waals surface area (Å²) >= 11 is 0. The van der Waals surface area contributed by atoms with Crippen LogP contribution in [-0.2, 0) is 11.2 Å². The minimum Gasteiger partial charge on any atom is -0.326 e. The van der Waals surface area contributed by atoms with Gasteiger partial charge >= 0.3 is 0 Å². The maximum Gasteiger partial charge on any atom is 0.224 e. The van der Waals surface area contributed by atoms with E-state index in [-0.39, 0.29) is 5.91 Å². The van der Waals surface area contributed by atoms with E-state index in [1.165, 1.54) is 11.1 Å².